The van der Waals surface area contributed by atoms with E-state index in [1.165, 1.54) is 18.2 Å². The van der Waals surface area contributed by atoms with Gasteiger partial charge in [0.05, 0.1) is 6.54 Å². The van der Waals surface area contributed by atoms with Crippen LogP contribution in [0.15, 0.2) is 60.3 Å². The molecule has 0 aliphatic carbocycles. The summed E-state index contributed by atoms with van der Waals surface area (Å²) < 4.78 is 13.2. The number of nitrogens with one attached hydrogen (secondary N) is 1. The predicted molar refractivity (Wildman–Crippen MR) is 79.9 cm³/mol. The molecule has 1 N–H and O–H groups in total. The fourth-order valence-electron chi connectivity index (χ4n) is 2.24. The Labute approximate surface area is 126 Å². The van der Waals surface area contributed by atoms with Crippen molar-refractivity contribution in [2.75, 3.05) is 0 Å². The molecule has 0 saturated carbocycles. The molecule has 1 saturated heterocycles. The van der Waals surface area contributed by atoms with Crippen molar-refractivity contribution < 1.29 is 14.0 Å². The van der Waals surface area contributed by atoms with E-state index >= 15 is 0 Å². The molecule has 3 amide bonds. The molecule has 4 nitrogen and oxygen atoms in total. The Balaban J connectivity index is 1.82. The number of urea groups is 1. The van der Waals surface area contributed by atoms with Gasteiger partial charge >= 0.3 is 6.03 Å². The molecular formula is C17H13FN2O2. The van der Waals surface area contributed by atoms with Crippen LogP contribution in [-0.2, 0) is 11.3 Å². The van der Waals surface area contributed by atoms with Gasteiger partial charge in [-0.15, -0.1) is 0 Å². The number of benzene rings is 2. The molecule has 2 aromatic carbocycles. The number of hydrogen-bond acceptors (Lipinski definition) is 2. The van der Waals surface area contributed by atoms with Crippen LogP contribution in [0.3, 0.4) is 0 Å². The zero-order valence-corrected chi connectivity index (χ0v) is 11.6. The minimum Gasteiger partial charge on any atom is -0.303 e. The van der Waals surface area contributed by atoms with E-state index < -0.39 is 17.8 Å². The molecule has 0 bridgehead atoms. The summed E-state index contributed by atoms with van der Waals surface area (Å²) in [6.07, 6.45) is 1.47. The van der Waals surface area contributed by atoms with Gasteiger partial charge in [-0.2, -0.15) is 0 Å². The zero-order chi connectivity index (χ0) is 15.5. The molecule has 0 spiro atoms. The molecule has 0 unspecified atom stereocenters. The lowest BCUT2D eigenvalue weighted by Crippen LogP contribution is -2.30. The van der Waals surface area contributed by atoms with Gasteiger partial charge in [-0.05, 0) is 29.3 Å². The average molecular weight is 296 g/mol. The highest BCUT2D eigenvalue weighted by Gasteiger charge is 2.33. The molecule has 1 aliphatic rings. The van der Waals surface area contributed by atoms with E-state index in [0.717, 1.165) is 10.5 Å². The lowest BCUT2D eigenvalue weighted by atomic mass is 10.2. The maximum absolute atomic E-state index is 13.2. The van der Waals surface area contributed by atoms with Crippen LogP contribution in [0.4, 0.5) is 9.18 Å². The van der Waals surface area contributed by atoms with Crippen LogP contribution in [0.5, 0.6) is 0 Å². The zero-order valence-electron chi connectivity index (χ0n) is 11.6. The van der Waals surface area contributed by atoms with Gasteiger partial charge in [0.15, 0.2) is 0 Å². The quantitative estimate of drug-likeness (QED) is 0.699. The number of amides is 3. The van der Waals surface area contributed by atoms with Gasteiger partial charge in [0.2, 0.25) is 0 Å². The Morgan fingerprint density at radius 1 is 1.05 bits per heavy atom. The molecule has 22 heavy (non-hydrogen) atoms. The van der Waals surface area contributed by atoms with E-state index in [0.29, 0.717) is 5.56 Å². The van der Waals surface area contributed by atoms with Gasteiger partial charge < -0.3 is 5.32 Å². The van der Waals surface area contributed by atoms with Crippen molar-refractivity contribution in [2.45, 2.75) is 6.54 Å². The Bertz CT molecular complexity index is 756. The molecule has 3 rings (SSSR count). The SMILES string of the molecule is O=C1N/C(=C/c2cccc(F)c2)C(=O)N1Cc1ccccc1. The standard InChI is InChI=1S/C17H13FN2O2/c18-14-8-4-7-13(9-14)10-15-16(21)20(17(22)19-15)11-12-5-2-1-3-6-12/h1-10H,11H2,(H,19,22)/b15-10+. The van der Waals surface area contributed by atoms with E-state index in [1.807, 2.05) is 30.3 Å². The number of rotatable bonds is 3. The van der Waals surface area contributed by atoms with Gasteiger partial charge in [0, 0.05) is 0 Å². The second-order valence-electron chi connectivity index (χ2n) is 4.92. The van der Waals surface area contributed by atoms with Crippen LogP contribution in [-0.4, -0.2) is 16.8 Å². The summed E-state index contributed by atoms with van der Waals surface area (Å²) in [5.74, 6) is -0.814. The van der Waals surface area contributed by atoms with Crippen LogP contribution in [0.2, 0.25) is 0 Å². The summed E-state index contributed by atoms with van der Waals surface area (Å²) in [5.41, 5.74) is 1.52. The van der Waals surface area contributed by atoms with E-state index in [4.69, 9.17) is 0 Å². The smallest absolute Gasteiger partial charge is 0.303 e. The lowest BCUT2D eigenvalue weighted by Gasteiger charge is -2.11. The first-order valence-corrected chi connectivity index (χ1v) is 6.77. The highest BCUT2D eigenvalue weighted by molar-refractivity contribution is 6.13. The molecule has 110 valence electrons. The average Bonchev–Trinajstić information content (AvgIpc) is 2.76. The number of hydrogen-bond donors (Lipinski definition) is 1. The first-order valence-electron chi connectivity index (χ1n) is 6.77. The van der Waals surface area contributed by atoms with Gasteiger partial charge in [0.1, 0.15) is 11.5 Å². The van der Waals surface area contributed by atoms with Gasteiger partial charge in [-0.3, -0.25) is 9.69 Å². The molecule has 1 aliphatic heterocycles. The topological polar surface area (TPSA) is 49.4 Å². The van der Waals surface area contributed by atoms with Crippen LogP contribution >= 0.6 is 0 Å². The van der Waals surface area contributed by atoms with Crippen molar-refractivity contribution in [3.63, 3.8) is 0 Å². The van der Waals surface area contributed by atoms with E-state index in [9.17, 15) is 14.0 Å². The molecule has 0 aromatic heterocycles. The third-order valence-electron chi connectivity index (χ3n) is 3.31. The summed E-state index contributed by atoms with van der Waals surface area (Å²) in [6, 6.07) is 14.6. The van der Waals surface area contributed by atoms with E-state index in [1.54, 1.807) is 12.1 Å². The Morgan fingerprint density at radius 3 is 2.55 bits per heavy atom. The van der Waals surface area contributed by atoms with Crippen LogP contribution < -0.4 is 5.32 Å². The highest BCUT2D eigenvalue weighted by Crippen LogP contribution is 2.17. The normalized spacial score (nSPS) is 16.2. The minimum absolute atomic E-state index is 0.145. The Morgan fingerprint density at radius 2 is 1.82 bits per heavy atom. The molecule has 0 atom stereocenters. The Kier molecular flexibility index (Phi) is 3.70. The monoisotopic (exact) mass is 296 g/mol. The maximum Gasteiger partial charge on any atom is 0.329 e. The van der Waals surface area contributed by atoms with Crippen LogP contribution in [0.1, 0.15) is 11.1 Å². The molecule has 2 aromatic rings. The van der Waals surface area contributed by atoms with Gasteiger partial charge in [0.25, 0.3) is 5.91 Å². The highest BCUT2D eigenvalue weighted by atomic mass is 19.1. The number of nitrogens with zero attached hydrogens (tertiary/aromatic N) is 1. The van der Waals surface area contributed by atoms with Crippen molar-refractivity contribution in [1.29, 1.82) is 0 Å². The molecule has 1 fully saturated rings. The van der Waals surface area contributed by atoms with Crippen molar-refractivity contribution >= 4 is 18.0 Å². The fraction of sp³-hybridized carbons (Fsp3) is 0.0588. The largest absolute Gasteiger partial charge is 0.329 e. The number of halogens is 1. The third-order valence-corrected chi connectivity index (χ3v) is 3.31. The number of carbonyl (C=O) groups is 2. The number of carbonyl (C=O) groups excluding carboxylic acids is 2. The second-order valence-corrected chi connectivity index (χ2v) is 4.92. The van der Waals surface area contributed by atoms with Gasteiger partial charge in [-0.1, -0.05) is 42.5 Å². The molecule has 5 heteroatoms. The van der Waals surface area contributed by atoms with E-state index in [-0.39, 0.29) is 12.2 Å². The van der Waals surface area contributed by atoms with Crippen LogP contribution in [0, 0.1) is 5.82 Å². The lowest BCUT2D eigenvalue weighted by molar-refractivity contribution is -0.123. The third kappa shape index (κ3) is 2.88. The van der Waals surface area contributed by atoms with Crippen molar-refractivity contribution in [1.82, 2.24) is 10.2 Å². The predicted octanol–water partition coefficient (Wildman–Crippen LogP) is 2.92. The maximum atomic E-state index is 13.2. The molecular weight excluding hydrogens is 283 g/mol. The summed E-state index contributed by atoms with van der Waals surface area (Å²) in [7, 11) is 0. The molecule has 0 radical (unpaired) electrons. The van der Waals surface area contributed by atoms with Crippen molar-refractivity contribution in [2.24, 2.45) is 0 Å². The first-order chi connectivity index (χ1) is 10.6. The van der Waals surface area contributed by atoms with Crippen molar-refractivity contribution in [3.8, 4) is 0 Å². The second kappa shape index (κ2) is 5.81. The summed E-state index contributed by atoms with van der Waals surface area (Å²) >= 11 is 0. The number of imide groups is 1. The summed E-state index contributed by atoms with van der Waals surface area (Å²) in [4.78, 5) is 25.4. The summed E-state index contributed by atoms with van der Waals surface area (Å²) in [5, 5.41) is 2.52. The Hall–Kier alpha value is -2.95. The van der Waals surface area contributed by atoms with Crippen molar-refractivity contribution in [3.05, 3.63) is 77.2 Å². The summed E-state index contributed by atoms with van der Waals surface area (Å²) in [6.45, 7) is 0.200. The van der Waals surface area contributed by atoms with Gasteiger partial charge in [-0.25, -0.2) is 9.18 Å². The van der Waals surface area contributed by atoms with E-state index in [2.05, 4.69) is 5.32 Å². The first kappa shape index (κ1) is 14.0. The molecule has 1 heterocycles. The fourth-order valence-corrected chi connectivity index (χ4v) is 2.24. The van der Waals surface area contributed by atoms with Crippen LogP contribution in [0.25, 0.3) is 6.08 Å². The minimum atomic E-state index is -0.475.